The maximum atomic E-state index is 13.6. The molecule has 0 radical (unpaired) electrons. The van der Waals surface area contributed by atoms with Crippen molar-refractivity contribution in [2.75, 3.05) is 130 Å². The van der Waals surface area contributed by atoms with Crippen molar-refractivity contribution in [2.24, 2.45) is 0 Å². The van der Waals surface area contributed by atoms with E-state index < -0.39 is 5.82 Å². The number of nitrogens with zero attached hydrogens (tertiary/aromatic N) is 2. The van der Waals surface area contributed by atoms with Crippen LogP contribution in [0.1, 0.15) is 32.1 Å². The third-order valence-electron chi connectivity index (χ3n) is 9.95. The van der Waals surface area contributed by atoms with E-state index in [2.05, 4.69) is 36.6 Å². The van der Waals surface area contributed by atoms with Crippen molar-refractivity contribution < 1.29 is 86.6 Å². The van der Waals surface area contributed by atoms with Crippen molar-refractivity contribution in [1.82, 2.24) is 31.2 Å². The lowest BCUT2D eigenvalue weighted by Crippen LogP contribution is -2.36. The van der Waals surface area contributed by atoms with E-state index in [0.717, 1.165) is 25.0 Å². The number of aromatic nitrogens is 2. The Morgan fingerprint density at radius 1 is 0.704 bits per heavy atom. The molecule has 2 aliphatic heterocycles. The molecule has 0 spiro atoms. The van der Waals surface area contributed by atoms with Crippen LogP contribution in [-0.2, 0) is 67.9 Å². The van der Waals surface area contributed by atoms with Gasteiger partial charge in [0.25, 0.3) is 0 Å². The van der Waals surface area contributed by atoms with Crippen LogP contribution in [0.15, 0.2) is 36.7 Å². The molecule has 27 heteroatoms. The maximum Gasteiger partial charge on any atom is 0.315 e. The summed E-state index contributed by atoms with van der Waals surface area (Å²) in [7, 11) is 1.51. The summed E-state index contributed by atoms with van der Waals surface area (Å²) in [5, 5.41) is 15.7. The molecule has 2 aromatic carbocycles. The van der Waals surface area contributed by atoms with Crippen LogP contribution < -0.4 is 36.1 Å². The van der Waals surface area contributed by atoms with Gasteiger partial charge in [0.15, 0.2) is 11.5 Å². The molecule has 5 N–H and O–H groups in total. The van der Waals surface area contributed by atoms with Gasteiger partial charge in [-0.05, 0) is 37.1 Å². The van der Waals surface area contributed by atoms with E-state index in [9.17, 15) is 18.8 Å². The summed E-state index contributed by atoms with van der Waals surface area (Å²) >= 11 is 7.81. The van der Waals surface area contributed by atoms with Crippen LogP contribution >= 0.6 is 23.4 Å². The fourth-order valence-corrected chi connectivity index (χ4v) is 8.35. The van der Waals surface area contributed by atoms with Crippen molar-refractivity contribution in [1.29, 1.82) is 0 Å². The topological polar surface area (TPSA) is 266 Å². The van der Waals surface area contributed by atoms with E-state index in [4.69, 9.17) is 79.4 Å². The van der Waals surface area contributed by atoms with Crippen molar-refractivity contribution >= 4 is 63.6 Å². The molecule has 0 saturated carbocycles. The summed E-state index contributed by atoms with van der Waals surface area (Å²) in [5.74, 6) is 1.49. The van der Waals surface area contributed by atoms with Gasteiger partial charge in [0, 0.05) is 47.5 Å². The number of halogens is 2. The third-order valence-corrected chi connectivity index (χ3v) is 11.7. The Hall–Kier alpha value is -4.52. The van der Waals surface area contributed by atoms with Gasteiger partial charge in [0.2, 0.25) is 11.8 Å². The smallest absolute Gasteiger partial charge is 0.315 e. The molecule has 3 aromatic rings. The second kappa shape index (κ2) is 34.8. The zero-order valence-corrected chi connectivity index (χ0v) is 41.0. The number of amides is 4. The highest BCUT2D eigenvalue weighted by atomic mass is 35.5. The first-order valence-corrected chi connectivity index (χ1v) is 24.5. The summed E-state index contributed by atoms with van der Waals surface area (Å²) < 4.78 is 35.8. The highest BCUT2D eigenvalue weighted by Crippen LogP contribution is 2.35. The number of urea groups is 1. The summed E-state index contributed by atoms with van der Waals surface area (Å²) in [5.41, 5.74) is 1.13. The third kappa shape index (κ3) is 22.8. The molecule has 3 heterocycles. The van der Waals surface area contributed by atoms with Gasteiger partial charge < -0.3 is 45.5 Å². The number of benzene rings is 2. The quantitative estimate of drug-likeness (QED) is 0.0235. The number of carbonyl (C=O) groups excluding carboxylic acids is 3. The molecule has 2 saturated heterocycles. The first kappa shape index (κ1) is 57.4. The van der Waals surface area contributed by atoms with E-state index >= 15 is 0 Å². The van der Waals surface area contributed by atoms with Crippen molar-refractivity contribution in [3.05, 3.63) is 47.5 Å². The first-order chi connectivity index (χ1) is 34.8. The van der Waals surface area contributed by atoms with Gasteiger partial charge >= 0.3 is 6.03 Å². The molecule has 2 aliphatic rings. The fourth-order valence-electron chi connectivity index (χ4n) is 6.63. The number of hydrogen-bond acceptors (Lipinski definition) is 21. The van der Waals surface area contributed by atoms with Gasteiger partial charge in [-0.15, -0.1) is 0 Å². The van der Waals surface area contributed by atoms with Gasteiger partial charge in [-0.3, -0.25) is 9.59 Å². The SMILES string of the molecule is COc1cc2ncnc(Nc3ccc(F)c(Cl)c3)c2cc1OCCNC(=O)CCOCCOOCCOOCCOOCCOOCCOOCCOCCNC(=O)CCCCC1SCC2NC(=O)NC21. The van der Waals surface area contributed by atoms with Gasteiger partial charge in [-0.25, -0.2) is 68.0 Å². The van der Waals surface area contributed by atoms with E-state index in [1.54, 1.807) is 18.2 Å². The lowest BCUT2D eigenvalue weighted by Gasteiger charge is -2.16. The van der Waals surface area contributed by atoms with E-state index in [1.165, 1.54) is 25.6 Å². The lowest BCUT2D eigenvalue weighted by atomic mass is 10.0. The van der Waals surface area contributed by atoms with E-state index in [1.807, 2.05) is 11.8 Å². The van der Waals surface area contributed by atoms with Crippen LogP contribution in [-0.4, -0.2) is 170 Å². The number of hydrogen-bond donors (Lipinski definition) is 5. The molecule has 5 rings (SSSR count). The zero-order valence-electron chi connectivity index (χ0n) is 39.5. The lowest BCUT2D eigenvalue weighted by molar-refractivity contribution is -0.372. The highest BCUT2D eigenvalue weighted by molar-refractivity contribution is 8.00. The normalized spacial score (nSPS) is 16.2. The van der Waals surface area contributed by atoms with Crippen LogP contribution in [0, 0.1) is 5.82 Å². The van der Waals surface area contributed by atoms with Crippen LogP contribution in [0.25, 0.3) is 10.9 Å². The highest BCUT2D eigenvalue weighted by Gasteiger charge is 2.42. The molecular weight excluding hydrogens is 985 g/mol. The van der Waals surface area contributed by atoms with Crippen molar-refractivity contribution in [3.63, 3.8) is 0 Å². The van der Waals surface area contributed by atoms with Crippen LogP contribution in [0.4, 0.5) is 20.7 Å². The minimum atomic E-state index is -0.533. The van der Waals surface area contributed by atoms with E-state index in [-0.39, 0.29) is 134 Å². The average molecular weight is 1050 g/mol. The molecule has 1 aromatic heterocycles. The van der Waals surface area contributed by atoms with Crippen LogP contribution in [0.5, 0.6) is 11.5 Å². The van der Waals surface area contributed by atoms with Crippen LogP contribution in [0.3, 0.4) is 0 Å². The summed E-state index contributed by atoms with van der Waals surface area (Å²) in [4.78, 5) is 94.1. The fraction of sp³-hybridized carbons (Fsp3) is 0.614. The largest absolute Gasteiger partial charge is 0.493 e. The number of methoxy groups -OCH3 is 1. The molecule has 3 unspecified atom stereocenters. The minimum Gasteiger partial charge on any atom is -0.493 e. The van der Waals surface area contributed by atoms with E-state index in [0.29, 0.717) is 65.3 Å². The van der Waals surface area contributed by atoms with Gasteiger partial charge in [-0.2, -0.15) is 11.8 Å². The maximum absolute atomic E-state index is 13.6. The second-order valence-corrected chi connectivity index (χ2v) is 16.8. The Morgan fingerprint density at radius 2 is 1.30 bits per heavy atom. The summed E-state index contributed by atoms with van der Waals surface area (Å²) in [6, 6.07) is 8.00. The second-order valence-electron chi connectivity index (χ2n) is 15.1. The summed E-state index contributed by atoms with van der Waals surface area (Å²) in [6.07, 6.45) is 4.71. The molecule has 71 heavy (non-hydrogen) atoms. The Kier molecular flexibility index (Phi) is 28.1. The number of thioether (sulfide) groups is 1. The number of nitrogens with one attached hydrogen (secondary N) is 5. The molecule has 4 amide bonds. The van der Waals surface area contributed by atoms with Gasteiger partial charge in [0.1, 0.15) is 90.6 Å². The first-order valence-electron chi connectivity index (χ1n) is 23.1. The standard InChI is InChI=1S/C44H63ClFN7O17S/c1-57-37-28-35-32(43(50-30-49-35)51-31-6-7-34(46)33(45)26-31)27-38(37)60-13-10-48-41(55)8-11-58-14-16-61-63-18-20-65-67-22-24-69-70-25-23-68-66-21-19-64-62-17-15-59-12-9-47-40(54)5-3-2-4-39-42-36(29-71-39)52-44(56)53-42/h6-7,26-28,30,36,39,42H,2-5,8-25,29H2,1H3,(H,47,54)(H,48,55)(H,49,50,51)(H2,52,53,56). The van der Waals surface area contributed by atoms with Gasteiger partial charge in [-0.1, -0.05) is 18.0 Å². The number of ether oxygens (including phenoxy) is 4. The van der Waals surface area contributed by atoms with Crippen molar-refractivity contribution in [3.8, 4) is 11.5 Å². The molecule has 3 atom stereocenters. The Labute approximate surface area is 419 Å². The van der Waals surface area contributed by atoms with Crippen molar-refractivity contribution in [2.45, 2.75) is 49.4 Å². The van der Waals surface area contributed by atoms with Gasteiger partial charge in [0.05, 0.1) is 62.7 Å². The average Bonchev–Trinajstić information content (AvgIpc) is 3.93. The molecule has 0 aliphatic carbocycles. The molecule has 0 bridgehead atoms. The number of anilines is 2. The molecule has 396 valence electrons. The minimum absolute atomic E-state index is 0.00522. The zero-order chi connectivity index (χ0) is 50.1. The molecule has 2 fully saturated rings. The Bertz CT molecular complexity index is 2030. The molecular formula is C44H63ClFN7O17S. The van der Waals surface area contributed by atoms with Crippen LogP contribution in [0.2, 0.25) is 5.02 Å². The monoisotopic (exact) mass is 1050 g/mol. The molecule has 24 nitrogen and oxygen atoms in total. The Balaban J connectivity index is 0.704. The summed E-state index contributed by atoms with van der Waals surface area (Å²) in [6.45, 7) is 3.07. The predicted molar refractivity (Wildman–Crippen MR) is 252 cm³/mol. The number of fused-ring (bicyclic) bond motifs is 2. The number of rotatable bonds is 41. The Morgan fingerprint density at radius 3 is 1.92 bits per heavy atom. The predicted octanol–water partition coefficient (Wildman–Crippen LogP) is 3.68. The number of carbonyl (C=O) groups is 3. The number of unbranched alkanes of at least 4 members (excludes halogenated alkanes) is 1.